The molecule has 11 unspecified atom stereocenters. The number of hydrogen-bond acceptors (Lipinski definition) is 4. The number of rotatable bonds is 6. The van der Waals surface area contributed by atoms with Crippen LogP contribution in [0.2, 0.25) is 0 Å². The van der Waals surface area contributed by atoms with E-state index in [2.05, 4.69) is 55.7 Å². The summed E-state index contributed by atoms with van der Waals surface area (Å²) in [5.41, 5.74) is 1.23. The van der Waals surface area contributed by atoms with Crippen molar-refractivity contribution in [2.45, 2.75) is 134 Å². The highest BCUT2D eigenvalue weighted by molar-refractivity contribution is 6.20. The van der Waals surface area contributed by atoms with Crippen LogP contribution >= 0.6 is 11.6 Å². The Kier molecular flexibility index (Phi) is 9.76. The number of nitrogens with zero attached hydrogens (tertiary/aromatic N) is 3. The molecule has 3 aliphatic heterocycles. The fraction of sp³-hybridized carbons (Fsp3) is 0.906. The Balaban J connectivity index is 1.17. The quantitative estimate of drug-likeness (QED) is 0.303. The number of carbonyl (C=O) groups excluding carboxylic acids is 1. The second-order valence-corrected chi connectivity index (χ2v) is 14.4. The number of allylic oxidation sites excluding steroid dienone is 1. The Morgan fingerprint density at radius 2 is 1.97 bits per heavy atom. The van der Waals surface area contributed by atoms with Gasteiger partial charge in [-0.05, 0) is 94.8 Å². The molecule has 39 heavy (non-hydrogen) atoms. The highest BCUT2D eigenvalue weighted by Gasteiger charge is 2.48. The number of hydrogen-bond donors (Lipinski definition) is 1. The topological polar surface area (TPSA) is 56.9 Å². The third-order valence-electron chi connectivity index (χ3n) is 11.1. The predicted octanol–water partition coefficient (Wildman–Crippen LogP) is 6.37. The molecule has 4 fully saturated rings. The summed E-state index contributed by atoms with van der Waals surface area (Å²) in [5.74, 6) is 2.93. The number of nitrogens with one attached hydrogen (secondary N) is 1. The molecule has 0 bridgehead atoms. The van der Waals surface area contributed by atoms with Gasteiger partial charge in [0.1, 0.15) is 6.04 Å². The molecule has 2 saturated carbocycles. The van der Waals surface area contributed by atoms with Gasteiger partial charge in [0.15, 0.2) is 6.04 Å². The number of alkyl halides is 1. The lowest BCUT2D eigenvalue weighted by Crippen LogP contribution is -2.50. The highest BCUT2D eigenvalue weighted by Crippen LogP contribution is 2.46. The van der Waals surface area contributed by atoms with Gasteiger partial charge in [0.05, 0.1) is 12.2 Å². The van der Waals surface area contributed by atoms with Crippen LogP contribution < -0.4 is 5.32 Å². The summed E-state index contributed by atoms with van der Waals surface area (Å²) < 4.78 is 9.00. The van der Waals surface area contributed by atoms with E-state index in [1.54, 1.807) is 0 Å². The van der Waals surface area contributed by atoms with E-state index in [4.69, 9.17) is 21.5 Å². The summed E-state index contributed by atoms with van der Waals surface area (Å²) >= 11 is 6.90. The van der Waals surface area contributed by atoms with Gasteiger partial charge in [0, 0.05) is 55.6 Å². The monoisotopic (exact) mass is 561 g/mol. The zero-order valence-corrected chi connectivity index (χ0v) is 25.9. The lowest BCUT2D eigenvalue weighted by Gasteiger charge is -2.45. The van der Waals surface area contributed by atoms with Crippen molar-refractivity contribution < 1.29 is 14.2 Å². The van der Waals surface area contributed by atoms with E-state index in [1.807, 2.05) is 0 Å². The van der Waals surface area contributed by atoms with E-state index in [0.29, 0.717) is 30.5 Å². The van der Waals surface area contributed by atoms with E-state index >= 15 is 0 Å². The highest BCUT2D eigenvalue weighted by atomic mass is 35.5. The van der Waals surface area contributed by atoms with Gasteiger partial charge in [-0.15, -0.1) is 11.6 Å². The minimum absolute atomic E-state index is 0.0729. The van der Waals surface area contributed by atoms with Crippen molar-refractivity contribution >= 4 is 17.5 Å². The molecule has 0 radical (unpaired) electrons. The smallest absolute Gasteiger partial charge is 0.223 e. The fourth-order valence-corrected chi connectivity index (χ4v) is 9.30. The van der Waals surface area contributed by atoms with Crippen LogP contribution in [0.3, 0.4) is 0 Å². The molecule has 1 N–H and O–H groups in total. The maximum absolute atomic E-state index is 13.3. The van der Waals surface area contributed by atoms with Crippen molar-refractivity contribution in [2.75, 3.05) is 20.1 Å². The van der Waals surface area contributed by atoms with E-state index in [9.17, 15) is 4.79 Å². The molecule has 0 aromatic heterocycles. The summed E-state index contributed by atoms with van der Waals surface area (Å²) in [7, 11) is 2.33. The Labute approximate surface area is 242 Å². The molecule has 5 aliphatic rings. The molecular formula is C32H54ClN4O2+. The number of ether oxygens (including phenoxy) is 1. The summed E-state index contributed by atoms with van der Waals surface area (Å²) in [4.78, 5) is 15.9. The number of azo groups is 2. The first-order valence-corrected chi connectivity index (χ1v) is 16.6. The second-order valence-electron chi connectivity index (χ2n) is 13.8. The molecule has 1 amide bonds. The van der Waals surface area contributed by atoms with E-state index in [1.165, 1.54) is 37.9 Å². The Hall–Kier alpha value is -0.980. The van der Waals surface area contributed by atoms with Crippen LogP contribution in [-0.4, -0.2) is 71.4 Å². The largest absolute Gasteiger partial charge is 0.373 e. The Morgan fingerprint density at radius 3 is 2.72 bits per heavy atom. The molecule has 3 heterocycles. The van der Waals surface area contributed by atoms with Gasteiger partial charge in [0.2, 0.25) is 11.6 Å². The van der Waals surface area contributed by atoms with E-state index < -0.39 is 0 Å². The molecule has 0 aromatic rings. The van der Waals surface area contributed by atoms with Gasteiger partial charge in [-0.1, -0.05) is 25.0 Å². The minimum Gasteiger partial charge on any atom is -0.373 e. The summed E-state index contributed by atoms with van der Waals surface area (Å²) in [6.07, 6.45) is 15.0. The van der Waals surface area contributed by atoms with Crippen LogP contribution in [0.15, 0.2) is 16.9 Å². The predicted molar refractivity (Wildman–Crippen MR) is 157 cm³/mol. The van der Waals surface area contributed by atoms with E-state index in [-0.39, 0.29) is 35.5 Å². The van der Waals surface area contributed by atoms with Crippen LogP contribution in [0.4, 0.5) is 0 Å². The minimum atomic E-state index is 0.0729. The van der Waals surface area contributed by atoms with Gasteiger partial charge >= 0.3 is 0 Å². The lowest BCUT2D eigenvalue weighted by atomic mass is 9.71. The van der Waals surface area contributed by atoms with Crippen molar-refractivity contribution in [1.29, 1.82) is 0 Å². The number of likely N-dealkylation sites (tertiary alicyclic amines) is 1. The van der Waals surface area contributed by atoms with Crippen LogP contribution in [0.25, 0.3) is 0 Å². The molecule has 220 valence electrons. The van der Waals surface area contributed by atoms with Crippen LogP contribution in [0, 0.1) is 29.6 Å². The average molecular weight is 562 g/mol. The molecule has 0 aromatic carbocycles. The number of fused-ring (bicyclic) bond motifs is 1. The van der Waals surface area contributed by atoms with Crippen molar-refractivity contribution in [2.24, 2.45) is 34.7 Å². The number of halogens is 1. The number of carbonyl (C=O) groups is 1. The molecule has 6 nitrogen and oxygen atoms in total. The van der Waals surface area contributed by atoms with Gasteiger partial charge in [-0.3, -0.25) is 4.79 Å². The molecule has 7 heteroatoms. The summed E-state index contributed by atoms with van der Waals surface area (Å²) in [6, 6.07) is 1.14. The normalized spacial score (nSPS) is 43.7. The first kappa shape index (κ1) is 29.5. The van der Waals surface area contributed by atoms with Crippen LogP contribution in [0.5, 0.6) is 0 Å². The van der Waals surface area contributed by atoms with Gasteiger partial charge in [0.25, 0.3) is 0 Å². The number of amides is 1. The first-order valence-electron chi connectivity index (χ1n) is 16.2. The van der Waals surface area contributed by atoms with Crippen LogP contribution in [0.1, 0.15) is 98.3 Å². The average Bonchev–Trinajstić information content (AvgIpc) is 3.48. The molecule has 2 aliphatic carbocycles. The molecule has 11 atom stereocenters. The Morgan fingerprint density at radius 1 is 1.15 bits per heavy atom. The third-order valence-corrected chi connectivity index (χ3v) is 11.4. The van der Waals surface area contributed by atoms with Crippen molar-refractivity contribution in [3.05, 3.63) is 11.8 Å². The van der Waals surface area contributed by atoms with Gasteiger partial charge in [-0.2, -0.15) is 0 Å². The van der Waals surface area contributed by atoms with Crippen molar-refractivity contribution in [1.82, 2.24) is 10.2 Å². The molecule has 5 rings (SSSR count). The zero-order valence-electron chi connectivity index (χ0n) is 25.2. The maximum atomic E-state index is 13.3. The van der Waals surface area contributed by atoms with Crippen LogP contribution in [-0.2, 0) is 9.53 Å². The standard InChI is InChI=1S/C32H53ClN4O2/c1-6-23-10-11-30(36(5)13-12-20(23)2)29-18-26(33)15-25-17-28(39-31(25)29)19-34-32(38)24-8-7-9-27(16-24)37-22(4)14-21(3)35-37/h14,20-21,23-31H,6-13,15-19H2,1-5H3/p+1. The fourth-order valence-electron chi connectivity index (χ4n) is 8.86. The molecule has 2 saturated heterocycles. The summed E-state index contributed by atoms with van der Waals surface area (Å²) in [5, 5.41) is 8.35. The first-order chi connectivity index (χ1) is 18.7. The lowest BCUT2D eigenvalue weighted by molar-refractivity contribution is -0.584. The van der Waals surface area contributed by atoms with Gasteiger partial charge in [-0.25, -0.2) is 0 Å². The van der Waals surface area contributed by atoms with Crippen molar-refractivity contribution in [3.63, 3.8) is 0 Å². The van der Waals surface area contributed by atoms with E-state index in [0.717, 1.165) is 56.8 Å². The second kappa shape index (κ2) is 12.9. The SMILES string of the molecule is CCC1CCC(C2CC(Cl)CC3CC(CNC(=O)C4CCCC([N+]5=NC(C)C=C5C)C4)OC32)N(C)CCC1C. The van der Waals surface area contributed by atoms with Crippen molar-refractivity contribution in [3.8, 4) is 0 Å². The zero-order chi connectivity index (χ0) is 27.7. The third kappa shape index (κ3) is 6.75. The maximum Gasteiger partial charge on any atom is 0.223 e. The molecule has 0 spiro atoms. The Bertz CT molecular complexity index is 924. The molecular weight excluding hydrogens is 508 g/mol. The van der Waals surface area contributed by atoms with Gasteiger partial charge < -0.3 is 15.0 Å². The summed E-state index contributed by atoms with van der Waals surface area (Å²) in [6.45, 7) is 10.9.